The van der Waals surface area contributed by atoms with Crippen molar-refractivity contribution >= 4 is 40.1 Å². The highest BCUT2D eigenvalue weighted by molar-refractivity contribution is 6.36. The summed E-state index contributed by atoms with van der Waals surface area (Å²) in [6.45, 7) is 7.38. The SMILES string of the molecule is CCOC(=O)C1CN([C@H]2CCc3cc(-c4cccc(-c5cccc(Nc6nc(C(F)F)nc7cc(CN8CC[C@H](O)C8)cnc67)c5C)c4Cl)cc(OC)c32)C1. The van der Waals surface area contributed by atoms with Crippen LogP contribution in [0.3, 0.4) is 0 Å². The molecule has 0 spiro atoms. The molecule has 3 aliphatic rings. The molecule has 2 N–H and O–H groups in total. The molecule has 5 aromatic rings. The zero-order valence-electron chi connectivity index (χ0n) is 31.0. The van der Waals surface area contributed by atoms with Crippen LogP contribution in [-0.4, -0.2) is 81.8 Å². The van der Waals surface area contributed by atoms with E-state index in [1.807, 2.05) is 56.3 Å². The topological polar surface area (TPSA) is 113 Å². The zero-order valence-corrected chi connectivity index (χ0v) is 31.7. The maximum absolute atomic E-state index is 14.1. The Kier molecular flexibility index (Phi) is 10.4. The third-order valence-electron chi connectivity index (χ3n) is 11.1. The van der Waals surface area contributed by atoms with Gasteiger partial charge in [-0.15, -0.1) is 0 Å². The molecule has 0 amide bonds. The molecule has 2 atom stereocenters. The van der Waals surface area contributed by atoms with Crippen molar-refractivity contribution in [1.82, 2.24) is 24.8 Å². The van der Waals surface area contributed by atoms with Gasteiger partial charge in [-0.3, -0.25) is 19.6 Å². The number of halogens is 3. The van der Waals surface area contributed by atoms with Crippen LogP contribution in [0.4, 0.5) is 20.3 Å². The van der Waals surface area contributed by atoms with E-state index < -0.39 is 12.2 Å². The Morgan fingerprint density at radius 1 is 1.05 bits per heavy atom. The molecule has 4 heterocycles. The summed E-state index contributed by atoms with van der Waals surface area (Å²) in [7, 11) is 1.69. The van der Waals surface area contributed by atoms with Gasteiger partial charge >= 0.3 is 5.97 Å². The fraction of sp³-hybridized carbons (Fsp3) is 0.381. The molecule has 2 aliphatic heterocycles. The molecule has 2 saturated heterocycles. The number of ether oxygens (including phenoxy) is 2. The monoisotopic (exact) mass is 768 g/mol. The first-order chi connectivity index (χ1) is 26.6. The molecule has 2 fully saturated rings. The molecule has 286 valence electrons. The Bertz CT molecular complexity index is 2270. The van der Waals surface area contributed by atoms with E-state index in [4.69, 9.17) is 21.1 Å². The number of pyridine rings is 1. The van der Waals surface area contributed by atoms with E-state index in [9.17, 15) is 18.7 Å². The predicted molar refractivity (Wildman–Crippen MR) is 208 cm³/mol. The second kappa shape index (κ2) is 15.4. The Labute approximate surface area is 323 Å². The van der Waals surface area contributed by atoms with Crippen LogP contribution in [0.5, 0.6) is 5.75 Å². The normalized spacial score (nSPS) is 18.8. The number of nitrogens with zero attached hydrogens (tertiary/aromatic N) is 5. The van der Waals surface area contributed by atoms with Crippen LogP contribution < -0.4 is 10.1 Å². The standard InChI is InChI=1S/C42H43ClF2N6O4/c1-4-55-42(53)27-20-51(21-27)34-12-11-25-16-26(17-35(54-3)36(25)34)30-8-5-9-31(37(30)43)29-7-6-10-32(23(29)2)47-40-38-33(48-41(49-40)39(44)45)15-24(18-46-38)19-50-14-13-28(52)22-50/h5-10,15-18,27-28,34,39,52H,4,11-14,19-22H2,1-3H3,(H,47,48,49)/t28-,34-/m0/s1. The van der Waals surface area contributed by atoms with E-state index in [1.54, 1.807) is 19.4 Å². The number of fused-ring (bicyclic) bond motifs is 2. The maximum Gasteiger partial charge on any atom is 0.311 e. The molecular formula is C42H43ClF2N6O4. The van der Waals surface area contributed by atoms with Crippen molar-refractivity contribution in [2.24, 2.45) is 5.92 Å². The largest absolute Gasteiger partial charge is 0.496 e. The Morgan fingerprint density at radius 3 is 2.58 bits per heavy atom. The van der Waals surface area contributed by atoms with Crippen LogP contribution in [0, 0.1) is 12.8 Å². The number of hydrogen-bond acceptors (Lipinski definition) is 10. The summed E-state index contributed by atoms with van der Waals surface area (Å²) in [4.78, 5) is 29.7. The van der Waals surface area contributed by atoms with Gasteiger partial charge in [-0.25, -0.2) is 18.7 Å². The number of aryl methyl sites for hydroxylation is 1. The maximum atomic E-state index is 14.1. The van der Waals surface area contributed by atoms with Crippen LogP contribution in [0.2, 0.25) is 5.02 Å². The molecule has 8 rings (SSSR count). The number of alkyl halides is 2. The van der Waals surface area contributed by atoms with Crippen LogP contribution in [0.25, 0.3) is 33.3 Å². The summed E-state index contributed by atoms with van der Waals surface area (Å²) in [5.74, 6) is 0.179. The number of benzene rings is 3. The van der Waals surface area contributed by atoms with Crippen molar-refractivity contribution in [2.75, 3.05) is 45.2 Å². The van der Waals surface area contributed by atoms with Gasteiger partial charge in [0.25, 0.3) is 6.43 Å². The van der Waals surface area contributed by atoms with Crippen LogP contribution in [-0.2, 0) is 22.5 Å². The number of esters is 1. The zero-order chi connectivity index (χ0) is 38.4. The minimum atomic E-state index is -2.88. The van der Waals surface area contributed by atoms with E-state index in [2.05, 4.69) is 36.1 Å². The summed E-state index contributed by atoms with van der Waals surface area (Å²) in [6.07, 6.45) is 0.995. The molecule has 0 saturated carbocycles. The van der Waals surface area contributed by atoms with Gasteiger partial charge in [-0.1, -0.05) is 48.0 Å². The molecule has 3 aromatic carbocycles. The van der Waals surface area contributed by atoms with Crippen LogP contribution in [0.1, 0.15) is 60.3 Å². The number of methoxy groups -OCH3 is 1. The Morgan fingerprint density at radius 2 is 1.84 bits per heavy atom. The van der Waals surface area contributed by atoms with Gasteiger partial charge in [0.2, 0.25) is 0 Å². The number of rotatable bonds is 11. The fourth-order valence-corrected chi connectivity index (χ4v) is 8.63. The number of aromatic nitrogens is 3. The fourth-order valence-electron chi connectivity index (χ4n) is 8.29. The van der Waals surface area contributed by atoms with E-state index in [0.717, 1.165) is 58.5 Å². The van der Waals surface area contributed by atoms with Gasteiger partial charge in [-0.05, 0) is 79.1 Å². The summed E-state index contributed by atoms with van der Waals surface area (Å²) in [5, 5.41) is 13.8. The predicted octanol–water partition coefficient (Wildman–Crippen LogP) is 8.06. The van der Waals surface area contributed by atoms with Crippen molar-refractivity contribution < 1.29 is 28.2 Å². The molecule has 55 heavy (non-hydrogen) atoms. The molecule has 1 aliphatic carbocycles. The lowest BCUT2D eigenvalue weighted by atomic mass is 9.92. The van der Waals surface area contributed by atoms with E-state index >= 15 is 0 Å². The minimum Gasteiger partial charge on any atom is -0.496 e. The number of anilines is 2. The summed E-state index contributed by atoms with van der Waals surface area (Å²) < 4.78 is 39.4. The van der Waals surface area contributed by atoms with E-state index in [0.29, 0.717) is 61.0 Å². The van der Waals surface area contributed by atoms with Gasteiger partial charge in [0.15, 0.2) is 11.6 Å². The molecule has 2 aromatic heterocycles. The van der Waals surface area contributed by atoms with E-state index in [-0.39, 0.29) is 29.9 Å². The first kappa shape index (κ1) is 37.2. The number of nitrogens with one attached hydrogen (secondary N) is 1. The highest BCUT2D eigenvalue weighted by Crippen LogP contribution is 2.48. The van der Waals surface area contributed by atoms with Gasteiger partial charge in [0, 0.05) is 67.3 Å². The second-order valence-electron chi connectivity index (χ2n) is 14.6. The van der Waals surface area contributed by atoms with E-state index in [1.165, 1.54) is 11.1 Å². The van der Waals surface area contributed by atoms with Crippen molar-refractivity contribution in [3.63, 3.8) is 0 Å². The third-order valence-corrected chi connectivity index (χ3v) is 11.5. The van der Waals surface area contributed by atoms with Gasteiger partial charge in [0.05, 0.1) is 36.3 Å². The highest BCUT2D eigenvalue weighted by atomic mass is 35.5. The first-order valence-corrected chi connectivity index (χ1v) is 19.1. The average Bonchev–Trinajstić information content (AvgIpc) is 3.77. The smallest absolute Gasteiger partial charge is 0.311 e. The first-order valence-electron chi connectivity index (χ1n) is 18.7. The minimum absolute atomic E-state index is 0.0880. The molecule has 0 bridgehead atoms. The summed E-state index contributed by atoms with van der Waals surface area (Å²) in [5.41, 5.74) is 8.89. The number of carbonyl (C=O) groups is 1. The molecule has 0 radical (unpaired) electrons. The average molecular weight is 769 g/mol. The number of hydrogen-bond donors (Lipinski definition) is 2. The number of aliphatic hydroxyl groups excluding tert-OH is 1. The third kappa shape index (κ3) is 7.24. The van der Waals surface area contributed by atoms with Gasteiger partial charge in [-0.2, -0.15) is 0 Å². The van der Waals surface area contributed by atoms with Crippen molar-refractivity contribution in [1.29, 1.82) is 0 Å². The number of β-amino-alcohol motifs (C(OH)–C–C–N with tert-alkyl or cyclic N) is 1. The second-order valence-corrected chi connectivity index (χ2v) is 15.0. The van der Waals surface area contributed by atoms with Crippen molar-refractivity contribution in [3.05, 3.63) is 93.9 Å². The Balaban J connectivity index is 1.08. The molecule has 13 heteroatoms. The number of aliphatic hydroxyl groups is 1. The highest BCUT2D eigenvalue weighted by Gasteiger charge is 2.41. The molecule has 10 nitrogen and oxygen atoms in total. The molecular weight excluding hydrogens is 726 g/mol. The Hall–Kier alpha value is -4.75. The lowest BCUT2D eigenvalue weighted by Crippen LogP contribution is -2.51. The molecule has 0 unspecified atom stereocenters. The number of likely N-dealkylation sites (tertiary alicyclic amines) is 2. The lowest BCUT2D eigenvalue weighted by Gasteiger charge is -2.42. The summed E-state index contributed by atoms with van der Waals surface area (Å²) >= 11 is 7.26. The number of carbonyl (C=O) groups excluding carboxylic acids is 1. The lowest BCUT2D eigenvalue weighted by molar-refractivity contribution is -0.155. The van der Waals surface area contributed by atoms with Gasteiger partial charge in [0.1, 0.15) is 11.3 Å². The van der Waals surface area contributed by atoms with Crippen LogP contribution >= 0.6 is 11.6 Å². The van der Waals surface area contributed by atoms with Crippen molar-refractivity contribution in [3.8, 4) is 28.0 Å². The van der Waals surface area contributed by atoms with Crippen molar-refractivity contribution in [2.45, 2.75) is 58.2 Å². The van der Waals surface area contributed by atoms with Crippen LogP contribution in [0.15, 0.2) is 60.8 Å². The van der Waals surface area contributed by atoms with Gasteiger partial charge < -0.3 is 19.9 Å². The summed E-state index contributed by atoms with van der Waals surface area (Å²) in [6, 6.07) is 17.9. The quantitative estimate of drug-likeness (QED) is 0.128.